The lowest BCUT2D eigenvalue weighted by Crippen LogP contribution is -2.36. The number of nitrogens with zero attached hydrogens (tertiary/aromatic N) is 1. The first-order valence-electron chi connectivity index (χ1n) is 3.52. The summed E-state index contributed by atoms with van der Waals surface area (Å²) < 4.78 is 0. The predicted octanol–water partition coefficient (Wildman–Crippen LogP) is 0.713. The summed E-state index contributed by atoms with van der Waals surface area (Å²) in [6.07, 6.45) is 8.74. The molecule has 1 amide bonds. The highest BCUT2D eigenvalue weighted by atomic mass is 16.2. The molecule has 0 saturated carbocycles. The second kappa shape index (κ2) is 1.97. The first-order valence-corrected chi connectivity index (χ1v) is 3.52. The zero-order valence-corrected chi connectivity index (χ0v) is 5.66. The van der Waals surface area contributed by atoms with Crippen LogP contribution in [0, 0.1) is 0 Å². The number of fused-ring (bicyclic) bond motifs is 1. The number of hydrogen-bond donors (Lipinski definition) is 0. The maximum absolute atomic E-state index is 11.1. The normalized spacial score (nSPS) is 29.4. The van der Waals surface area contributed by atoms with Crippen molar-refractivity contribution in [2.45, 2.75) is 12.5 Å². The van der Waals surface area contributed by atoms with Gasteiger partial charge in [0, 0.05) is 6.54 Å². The molecule has 52 valence electrons. The summed E-state index contributed by atoms with van der Waals surface area (Å²) in [5.74, 6) is 0.154. The van der Waals surface area contributed by atoms with Crippen LogP contribution in [-0.2, 0) is 4.79 Å². The van der Waals surface area contributed by atoms with Gasteiger partial charge in [0.1, 0.15) is 0 Å². The van der Waals surface area contributed by atoms with Crippen LogP contribution in [0.25, 0.3) is 0 Å². The fourth-order valence-corrected chi connectivity index (χ4v) is 1.43. The number of carbonyl (C=O) groups is 1. The van der Waals surface area contributed by atoms with Crippen molar-refractivity contribution >= 4 is 5.91 Å². The second-order valence-corrected chi connectivity index (χ2v) is 2.62. The van der Waals surface area contributed by atoms with E-state index in [9.17, 15) is 4.79 Å². The Balaban J connectivity index is 2.25. The average Bonchev–Trinajstić information content (AvgIpc) is 2.36. The lowest BCUT2D eigenvalue weighted by Gasteiger charge is -2.25. The van der Waals surface area contributed by atoms with Crippen LogP contribution in [0.3, 0.4) is 0 Å². The fraction of sp³-hybridized carbons (Fsp3) is 0.375. The van der Waals surface area contributed by atoms with Gasteiger partial charge in [-0.3, -0.25) is 4.79 Å². The molecule has 2 heterocycles. The molecule has 0 aliphatic carbocycles. The van der Waals surface area contributed by atoms with E-state index in [-0.39, 0.29) is 5.91 Å². The summed E-state index contributed by atoms with van der Waals surface area (Å²) in [6, 6.07) is 0.359. The molecule has 2 rings (SSSR count). The Labute approximate surface area is 59.8 Å². The van der Waals surface area contributed by atoms with Crippen molar-refractivity contribution in [3.63, 3.8) is 0 Å². The molecule has 0 aromatic rings. The smallest absolute Gasteiger partial charge is 0.247 e. The molecule has 2 nitrogen and oxygen atoms in total. The Morgan fingerprint density at radius 1 is 1.50 bits per heavy atom. The Morgan fingerprint density at radius 2 is 2.40 bits per heavy atom. The van der Waals surface area contributed by atoms with Crippen LogP contribution in [0.2, 0.25) is 0 Å². The highest BCUT2D eigenvalue weighted by Gasteiger charge is 2.24. The van der Waals surface area contributed by atoms with Crippen molar-refractivity contribution in [2.75, 3.05) is 6.54 Å². The molecule has 0 spiro atoms. The average molecular weight is 135 g/mol. The quantitative estimate of drug-likeness (QED) is 0.448. The highest BCUT2D eigenvalue weighted by Crippen LogP contribution is 2.17. The van der Waals surface area contributed by atoms with Crippen LogP contribution < -0.4 is 0 Å². The van der Waals surface area contributed by atoms with Crippen molar-refractivity contribution in [3.8, 4) is 0 Å². The number of rotatable bonds is 0. The molecular weight excluding hydrogens is 126 g/mol. The molecule has 0 aromatic heterocycles. The Kier molecular flexibility index (Phi) is 1.13. The molecule has 0 aromatic carbocycles. The van der Waals surface area contributed by atoms with Gasteiger partial charge < -0.3 is 4.90 Å². The molecule has 2 aliphatic heterocycles. The van der Waals surface area contributed by atoms with Gasteiger partial charge >= 0.3 is 0 Å². The Bertz CT molecular complexity index is 217. The van der Waals surface area contributed by atoms with Gasteiger partial charge in [-0.25, -0.2) is 0 Å². The van der Waals surface area contributed by atoms with Crippen LogP contribution >= 0.6 is 0 Å². The van der Waals surface area contributed by atoms with Crippen LogP contribution in [0.1, 0.15) is 6.42 Å². The molecule has 0 bridgehead atoms. The number of amides is 1. The van der Waals surface area contributed by atoms with E-state index in [0.717, 1.165) is 13.0 Å². The zero-order chi connectivity index (χ0) is 6.97. The van der Waals surface area contributed by atoms with E-state index in [2.05, 4.69) is 12.2 Å². The fourth-order valence-electron chi connectivity index (χ4n) is 1.43. The standard InChI is InChI=1S/C8H9NO/c10-8-5-1-3-7-4-2-6-9(7)8/h1-2,4-5,7H,3,6H2/t7-/m1/s1. The van der Waals surface area contributed by atoms with Crippen molar-refractivity contribution < 1.29 is 4.79 Å². The van der Waals surface area contributed by atoms with Crippen LogP contribution in [0.15, 0.2) is 24.3 Å². The molecule has 2 aliphatic rings. The van der Waals surface area contributed by atoms with Gasteiger partial charge in [0.25, 0.3) is 0 Å². The highest BCUT2D eigenvalue weighted by molar-refractivity contribution is 5.89. The third-order valence-corrected chi connectivity index (χ3v) is 1.98. The Hall–Kier alpha value is -1.05. The van der Waals surface area contributed by atoms with Gasteiger partial charge in [0.15, 0.2) is 0 Å². The SMILES string of the molecule is O=C1C=CC[C@@H]2C=CCN12. The largest absolute Gasteiger partial charge is 0.329 e. The molecular formula is C8H9NO. The number of carbonyl (C=O) groups excluding carboxylic acids is 1. The van der Waals surface area contributed by atoms with Crippen molar-refractivity contribution in [2.24, 2.45) is 0 Å². The van der Waals surface area contributed by atoms with Crippen molar-refractivity contribution in [1.29, 1.82) is 0 Å². The minimum absolute atomic E-state index is 0.154. The minimum Gasteiger partial charge on any atom is -0.329 e. The van der Waals surface area contributed by atoms with Gasteiger partial charge in [-0.15, -0.1) is 0 Å². The summed E-state index contributed by atoms with van der Waals surface area (Å²) >= 11 is 0. The first-order chi connectivity index (χ1) is 4.88. The van der Waals surface area contributed by atoms with Gasteiger partial charge in [0.2, 0.25) is 5.91 Å². The van der Waals surface area contributed by atoms with Crippen molar-refractivity contribution in [3.05, 3.63) is 24.3 Å². The predicted molar refractivity (Wildman–Crippen MR) is 38.4 cm³/mol. The van der Waals surface area contributed by atoms with E-state index >= 15 is 0 Å². The minimum atomic E-state index is 0.154. The van der Waals surface area contributed by atoms with E-state index in [1.54, 1.807) is 6.08 Å². The molecule has 0 N–H and O–H groups in total. The van der Waals surface area contributed by atoms with E-state index in [4.69, 9.17) is 0 Å². The summed E-state index contributed by atoms with van der Waals surface area (Å²) in [7, 11) is 0. The summed E-state index contributed by atoms with van der Waals surface area (Å²) in [5, 5.41) is 0. The maximum atomic E-state index is 11.1. The van der Waals surface area contributed by atoms with Crippen LogP contribution in [0.4, 0.5) is 0 Å². The third-order valence-electron chi connectivity index (χ3n) is 1.98. The zero-order valence-electron chi connectivity index (χ0n) is 5.66. The monoisotopic (exact) mass is 135 g/mol. The molecule has 0 fully saturated rings. The topological polar surface area (TPSA) is 20.3 Å². The van der Waals surface area contributed by atoms with Crippen LogP contribution in [-0.4, -0.2) is 23.4 Å². The van der Waals surface area contributed by atoms with E-state index < -0.39 is 0 Å². The summed E-state index contributed by atoms with van der Waals surface area (Å²) in [6.45, 7) is 0.799. The second-order valence-electron chi connectivity index (χ2n) is 2.62. The van der Waals surface area contributed by atoms with E-state index in [1.807, 2.05) is 11.0 Å². The molecule has 0 radical (unpaired) electrons. The van der Waals surface area contributed by atoms with Gasteiger partial charge in [0.05, 0.1) is 6.04 Å². The van der Waals surface area contributed by atoms with Gasteiger partial charge in [-0.1, -0.05) is 18.2 Å². The van der Waals surface area contributed by atoms with Crippen molar-refractivity contribution in [1.82, 2.24) is 4.90 Å². The summed E-state index contributed by atoms with van der Waals surface area (Å²) in [4.78, 5) is 12.9. The van der Waals surface area contributed by atoms with Gasteiger partial charge in [-0.05, 0) is 12.5 Å². The maximum Gasteiger partial charge on any atom is 0.247 e. The third kappa shape index (κ3) is 0.685. The lowest BCUT2D eigenvalue weighted by molar-refractivity contribution is -0.126. The first kappa shape index (κ1) is 5.71. The number of hydrogen-bond acceptors (Lipinski definition) is 1. The lowest BCUT2D eigenvalue weighted by atomic mass is 10.1. The Morgan fingerprint density at radius 3 is 3.20 bits per heavy atom. The molecule has 2 heteroatoms. The van der Waals surface area contributed by atoms with E-state index in [1.165, 1.54) is 0 Å². The molecule has 1 atom stereocenters. The molecule has 10 heavy (non-hydrogen) atoms. The molecule has 0 saturated heterocycles. The van der Waals surface area contributed by atoms with Gasteiger partial charge in [-0.2, -0.15) is 0 Å². The van der Waals surface area contributed by atoms with E-state index in [0.29, 0.717) is 6.04 Å². The summed E-state index contributed by atoms with van der Waals surface area (Å²) in [5.41, 5.74) is 0. The van der Waals surface area contributed by atoms with Crippen LogP contribution in [0.5, 0.6) is 0 Å². The molecule has 0 unspecified atom stereocenters.